The lowest BCUT2D eigenvalue weighted by Crippen LogP contribution is -1.94. The van der Waals surface area contributed by atoms with Gasteiger partial charge in [0.05, 0.1) is 0 Å². The van der Waals surface area contributed by atoms with E-state index >= 15 is 0 Å². The van der Waals surface area contributed by atoms with Gasteiger partial charge in [0, 0.05) is 0 Å². The molecule has 0 spiro atoms. The summed E-state index contributed by atoms with van der Waals surface area (Å²) < 4.78 is 0. The second-order valence-electron chi connectivity index (χ2n) is 7.92. The van der Waals surface area contributed by atoms with Crippen molar-refractivity contribution in [3.05, 3.63) is 95.1 Å². The Morgan fingerprint density at radius 2 is 0.630 bits per heavy atom. The summed E-state index contributed by atoms with van der Waals surface area (Å²) in [5.74, 6) is 0. The van der Waals surface area contributed by atoms with Crippen molar-refractivity contribution in [1.82, 2.24) is 0 Å². The highest BCUT2D eigenvalue weighted by Crippen LogP contribution is 2.28. The van der Waals surface area contributed by atoms with Gasteiger partial charge < -0.3 is 0 Å². The van der Waals surface area contributed by atoms with Crippen LogP contribution in [0.1, 0.15) is 41.5 Å². The Kier molecular flexibility index (Phi) is 4.41. The van der Waals surface area contributed by atoms with Crippen molar-refractivity contribution in [1.29, 1.82) is 0 Å². The molecule has 0 fully saturated rings. The molecule has 134 valence electrons. The zero-order valence-corrected chi connectivity index (χ0v) is 15.9. The van der Waals surface area contributed by atoms with Crippen LogP contribution in [-0.4, -0.2) is 0 Å². The zero-order chi connectivity index (χ0) is 18.1. The Morgan fingerprint density at radius 3 is 0.963 bits per heavy atom. The van der Waals surface area contributed by atoms with E-state index in [4.69, 9.17) is 0 Å². The smallest absolute Gasteiger partial charge is 0.0149 e. The van der Waals surface area contributed by atoms with Crippen molar-refractivity contribution in [3.8, 4) is 0 Å². The van der Waals surface area contributed by atoms with Crippen LogP contribution < -0.4 is 0 Å². The topological polar surface area (TPSA) is 0 Å². The summed E-state index contributed by atoms with van der Waals surface area (Å²) in [5.41, 5.74) is 6.04. The molecule has 0 heteroatoms. The largest absolute Gasteiger partial charge is 0.0613 e. The molecule has 0 heterocycles. The number of hydrogen-bond acceptors (Lipinski definition) is 0. The maximum absolute atomic E-state index is 2.33. The van der Waals surface area contributed by atoms with E-state index in [0.29, 0.717) is 0 Å². The number of aryl methyl sites for hydroxylation is 4. The lowest BCUT2D eigenvalue weighted by Gasteiger charge is -2.11. The quantitative estimate of drug-likeness (QED) is 0.319. The molecule has 27 heavy (non-hydrogen) atoms. The van der Waals surface area contributed by atoms with Crippen LogP contribution in [0, 0.1) is 0 Å². The van der Waals surface area contributed by atoms with Crippen molar-refractivity contribution in [2.24, 2.45) is 0 Å². The molecule has 0 unspecified atom stereocenters. The summed E-state index contributed by atoms with van der Waals surface area (Å²) in [6.07, 6.45) is 8.35. The summed E-state index contributed by atoms with van der Waals surface area (Å²) in [7, 11) is 0. The highest BCUT2D eigenvalue weighted by Gasteiger charge is 2.09. The van der Waals surface area contributed by atoms with Crippen molar-refractivity contribution in [2.75, 3.05) is 0 Å². The third kappa shape index (κ3) is 3.14. The second-order valence-corrected chi connectivity index (χ2v) is 7.92. The second kappa shape index (κ2) is 7.19. The third-order valence-corrected chi connectivity index (χ3v) is 6.24. The monoisotopic (exact) mass is 350 g/mol. The summed E-state index contributed by atoms with van der Waals surface area (Å²) in [4.78, 5) is 0. The molecule has 4 aromatic carbocycles. The predicted molar refractivity (Wildman–Crippen MR) is 117 cm³/mol. The molecule has 0 amide bonds. The first-order valence-corrected chi connectivity index (χ1v) is 10.4. The van der Waals surface area contributed by atoms with E-state index in [1.54, 1.807) is 0 Å². The van der Waals surface area contributed by atoms with Crippen molar-refractivity contribution >= 4 is 21.5 Å². The molecule has 0 aromatic heterocycles. The third-order valence-electron chi connectivity index (χ3n) is 6.24. The molecule has 0 nitrogen and oxygen atoms in total. The predicted octanol–water partition coefficient (Wildman–Crippen LogP) is 7.05. The van der Waals surface area contributed by atoms with E-state index in [-0.39, 0.29) is 0 Å². The number of hydrogen-bond donors (Lipinski definition) is 0. The Morgan fingerprint density at radius 1 is 0.333 bits per heavy atom. The summed E-state index contributed by atoms with van der Waals surface area (Å²) in [5, 5.41) is 5.85. The van der Waals surface area contributed by atoms with Gasteiger partial charge in [0.1, 0.15) is 0 Å². The van der Waals surface area contributed by atoms with E-state index in [1.165, 1.54) is 75.9 Å². The van der Waals surface area contributed by atoms with Crippen LogP contribution in [0.4, 0.5) is 0 Å². The maximum atomic E-state index is 2.33. The molecular weight excluding hydrogens is 324 g/mol. The first kappa shape index (κ1) is 16.6. The van der Waals surface area contributed by atoms with Gasteiger partial charge in [-0.1, -0.05) is 72.8 Å². The fourth-order valence-electron chi connectivity index (χ4n) is 4.85. The van der Waals surface area contributed by atoms with E-state index in [0.717, 1.165) is 12.8 Å². The van der Waals surface area contributed by atoms with Crippen molar-refractivity contribution in [3.63, 3.8) is 0 Å². The lowest BCUT2D eigenvalue weighted by molar-refractivity contribution is 0.739. The Hall–Kier alpha value is -2.60. The first-order valence-electron chi connectivity index (χ1n) is 10.4. The summed E-state index contributed by atoms with van der Waals surface area (Å²) in [6, 6.07) is 27.6. The average Bonchev–Trinajstić information content (AvgIpc) is 2.71. The minimum absolute atomic E-state index is 1.15. The van der Waals surface area contributed by atoms with Gasteiger partial charge in [0.15, 0.2) is 0 Å². The van der Waals surface area contributed by atoms with E-state index in [1.807, 2.05) is 0 Å². The van der Waals surface area contributed by atoms with Gasteiger partial charge in [-0.05, 0) is 88.7 Å². The minimum atomic E-state index is 1.15. The molecule has 0 atom stereocenters. The van der Waals surface area contributed by atoms with Gasteiger partial charge in [-0.15, -0.1) is 0 Å². The van der Waals surface area contributed by atoms with E-state index in [2.05, 4.69) is 72.8 Å². The zero-order valence-electron chi connectivity index (χ0n) is 15.9. The van der Waals surface area contributed by atoms with Crippen LogP contribution in [0.25, 0.3) is 21.5 Å². The van der Waals surface area contributed by atoms with Gasteiger partial charge >= 0.3 is 0 Å². The molecular formula is C27H26. The Labute approximate surface area is 161 Å². The van der Waals surface area contributed by atoms with Crippen LogP contribution in [0.3, 0.4) is 0 Å². The van der Waals surface area contributed by atoms with Gasteiger partial charge in [-0.2, -0.15) is 0 Å². The normalized spacial score (nSPS) is 15.1. The maximum Gasteiger partial charge on any atom is -0.0149 e. The Balaban J connectivity index is 1.59. The fourth-order valence-corrected chi connectivity index (χ4v) is 4.85. The van der Waals surface area contributed by atoms with E-state index in [9.17, 15) is 0 Å². The highest BCUT2D eigenvalue weighted by molar-refractivity contribution is 5.89. The van der Waals surface area contributed by atoms with Gasteiger partial charge in [0.25, 0.3) is 0 Å². The molecule has 5 rings (SSSR count). The summed E-state index contributed by atoms with van der Waals surface area (Å²) in [6.45, 7) is 0. The van der Waals surface area contributed by atoms with Crippen LogP contribution in [-0.2, 0) is 25.7 Å². The lowest BCUT2D eigenvalue weighted by atomic mass is 9.94. The molecule has 0 radical (unpaired) electrons. The van der Waals surface area contributed by atoms with Crippen molar-refractivity contribution < 1.29 is 0 Å². The fraction of sp³-hybridized carbons (Fsp3) is 0.259. The van der Waals surface area contributed by atoms with E-state index < -0.39 is 0 Å². The Bertz CT molecular complexity index is 1010. The SMILES string of the molecule is c1cc2c3cccc(c3c1)CCCCc1cccc3c(cccc13)CCC2. The molecule has 8 bridgehead atoms. The van der Waals surface area contributed by atoms with Crippen LogP contribution >= 0.6 is 0 Å². The first-order chi connectivity index (χ1) is 13.4. The molecule has 4 aromatic rings. The minimum Gasteiger partial charge on any atom is -0.0613 e. The van der Waals surface area contributed by atoms with Crippen LogP contribution in [0.15, 0.2) is 72.8 Å². The summed E-state index contributed by atoms with van der Waals surface area (Å²) >= 11 is 0. The highest BCUT2D eigenvalue weighted by atomic mass is 14.1. The average molecular weight is 351 g/mol. The van der Waals surface area contributed by atoms with Crippen LogP contribution in [0.2, 0.25) is 0 Å². The standard InChI is InChI=1S/C27H26/c1-2-9-21-13-5-19-27-23(15-7-17-25(21)27)11-3-10-22-14-6-16-24-20(8-1)12-4-18-26(22)24/h4-7,12-19H,1-3,8-11H2. The molecule has 0 N–H and O–H groups in total. The molecule has 0 saturated carbocycles. The van der Waals surface area contributed by atoms with Gasteiger partial charge in [-0.25, -0.2) is 0 Å². The van der Waals surface area contributed by atoms with Crippen molar-refractivity contribution in [2.45, 2.75) is 44.9 Å². The number of benzene rings is 4. The van der Waals surface area contributed by atoms with Crippen LogP contribution in [0.5, 0.6) is 0 Å². The number of rotatable bonds is 0. The molecule has 0 aliphatic heterocycles. The molecule has 0 saturated heterocycles. The van der Waals surface area contributed by atoms with Gasteiger partial charge in [-0.3, -0.25) is 0 Å². The molecule has 1 aliphatic rings. The molecule has 1 aliphatic carbocycles. The van der Waals surface area contributed by atoms with Gasteiger partial charge in [0.2, 0.25) is 0 Å².